The van der Waals surface area contributed by atoms with Gasteiger partial charge in [-0.15, -0.1) is 0 Å². The van der Waals surface area contributed by atoms with Crippen LogP contribution in [0.25, 0.3) is 0 Å². The Bertz CT molecular complexity index is 675. The van der Waals surface area contributed by atoms with Gasteiger partial charge in [-0.25, -0.2) is 12.8 Å². The molecule has 0 bridgehead atoms. The molecule has 0 saturated carbocycles. The molecule has 0 unspecified atom stereocenters. The van der Waals surface area contributed by atoms with Gasteiger partial charge in [0.25, 0.3) is 0 Å². The standard InChI is InChI=1S/C16H25FN2O5S/c1-22-14-10-13(17)16(11-15(14)23-2)25(20,21)19-7-4-12(5-8-19)24-9-3-6-18/h10-12H,3-9,18H2,1-2H3. The van der Waals surface area contributed by atoms with Gasteiger partial charge in [0.1, 0.15) is 10.7 Å². The second kappa shape index (κ2) is 8.79. The third-order valence-corrected chi connectivity index (χ3v) is 6.07. The zero-order valence-electron chi connectivity index (χ0n) is 14.5. The van der Waals surface area contributed by atoms with E-state index in [0.29, 0.717) is 26.0 Å². The zero-order valence-corrected chi connectivity index (χ0v) is 15.4. The molecule has 1 aliphatic rings. The molecule has 1 fully saturated rings. The van der Waals surface area contributed by atoms with Crippen LogP contribution in [0.5, 0.6) is 11.5 Å². The number of piperidine rings is 1. The predicted octanol–water partition coefficient (Wildman–Crippen LogP) is 1.36. The fourth-order valence-corrected chi connectivity index (χ4v) is 4.28. The Morgan fingerprint density at radius 3 is 2.36 bits per heavy atom. The molecule has 1 aromatic carbocycles. The molecular formula is C16H25FN2O5S. The summed E-state index contributed by atoms with van der Waals surface area (Å²) in [5.41, 5.74) is 5.42. The number of methoxy groups -OCH3 is 2. The van der Waals surface area contributed by atoms with Crippen molar-refractivity contribution < 1.29 is 27.0 Å². The van der Waals surface area contributed by atoms with Crippen LogP contribution in [0.15, 0.2) is 17.0 Å². The summed E-state index contributed by atoms with van der Waals surface area (Å²) in [7, 11) is -1.22. The van der Waals surface area contributed by atoms with E-state index < -0.39 is 20.7 Å². The van der Waals surface area contributed by atoms with Crippen LogP contribution in [-0.4, -0.2) is 59.3 Å². The Morgan fingerprint density at radius 2 is 1.80 bits per heavy atom. The lowest BCUT2D eigenvalue weighted by atomic mass is 10.1. The van der Waals surface area contributed by atoms with Crippen molar-refractivity contribution in [3.63, 3.8) is 0 Å². The van der Waals surface area contributed by atoms with Gasteiger partial charge in [0.2, 0.25) is 10.0 Å². The topological polar surface area (TPSA) is 91.1 Å². The first-order valence-corrected chi connectivity index (χ1v) is 9.61. The van der Waals surface area contributed by atoms with Crippen molar-refractivity contribution in [2.45, 2.75) is 30.3 Å². The highest BCUT2D eigenvalue weighted by Crippen LogP contribution is 2.33. The quantitative estimate of drug-likeness (QED) is 0.689. The highest BCUT2D eigenvalue weighted by Gasteiger charge is 2.32. The lowest BCUT2D eigenvalue weighted by Crippen LogP contribution is -2.41. The minimum absolute atomic E-state index is 0.00764. The van der Waals surface area contributed by atoms with Crippen LogP contribution in [0.3, 0.4) is 0 Å². The first-order valence-electron chi connectivity index (χ1n) is 8.17. The molecule has 0 radical (unpaired) electrons. The Hall–Kier alpha value is -1.42. The molecule has 0 spiro atoms. The Morgan fingerprint density at radius 1 is 1.20 bits per heavy atom. The molecular weight excluding hydrogens is 351 g/mol. The normalized spacial score (nSPS) is 16.8. The number of hydrogen-bond donors (Lipinski definition) is 1. The number of sulfonamides is 1. The summed E-state index contributed by atoms with van der Waals surface area (Å²) in [5, 5.41) is 0. The van der Waals surface area contributed by atoms with Crippen LogP contribution >= 0.6 is 0 Å². The number of benzene rings is 1. The molecule has 0 atom stereocenters. The Kier molecular flexibility index (Phi) is 7.00. The van der Waals surface area contributed by atoms with Gasteiger partial charge in [-0.1, -0.05) is 0 Å². The molecule has 2 rings (SSSR count). The van der Waals surface area contributed by atoms with Gasteiger partial charge in [-0.3, -0.25) is 0 Å². The number of ether oxygens (including phenoxy) is 3. The van der Waals surface area contributed by atoms with Gasteiger partial charge < -0.3 is 19.9 Å². The van der Waals surface area contributed by atoms with Crippen LogP contribution < -0.4 is 15.2 Å². The van der Waals surface area contributed by atoms with E-state index in [-0.39, 0.29) is 30.7 Å². The zero-order chi connectivity index (χ0) is 18.4. The van der Waals surface area contributed by atoms with Gasteiger partial charge in [0, 0.05) is 31.8 Å². The second-order valence-electron chi connectivity index (χ2n) is 5.75. The molecule has 0 aliphatic carbocycles. The van der Waals surface area contributed by atoms with Crippen LogP contribution in [0.4, 0.5) is 4.39 Å². The molecule has 9 heteroatoms. The maximum Gasteiger partial charge on any atom is 0.246 e. The number of halogens is 1. The van der Waals surface area contributed by atoms with Crippen molar-refractivity contribution in [1.82, 2.24) is 4.31 Å². The lowest BCUT2D eigenvalue weighted by molar-refractivity contribution is 0.0208. The van der Waals surface area contributed by atoms with E-state index in [9.17, 15) is 12.8 Å². The number of rotatable bonds is 8. The first-order chi connectivity index (χ1) is 11.9. The lowest BCUT2D eigenvalue weighted by Gasteiger charge is -2.31. The van der Waals surface area contributed by atoms with E-state index >= 15 is 0 Å². The molecule has 1 heterocycles. The maximum atomic E-state index is 14.3. The van der Waals surface area contributed by atoms with E-state index in [2.05, 4.69) is 0 Å². The molecule has 2 N–H and O–H groups in total. The summed E-state index contributed by atoms with van der Waals surface area (Å²) >= 11 is 0. The fourth-order valence-electron chi connectivity index (χ4n) is 2.74. The summed E-state index contributed by atoms with van der Waals surface area (Å²) in [6.45, 7) is 1.69. The maximum absolute atomic E-state index is 14.3. The molecule has 25 heavy (non-hydrogen) atoms. The van der Waals surface area contributed by atoms with Gasteiger partial charge in [-0.2, -0.15) is 4.31 Å². The third-order valence-electron chi connectivity index (χ3n) is 4.16. The predicted molar refractivity (Wildman–Crippen MR) is 90.9 cm³/mol. The average Bonchev–Trinajstić information content (AvgIpc) is 2.61. The van der Waals surface area contributed by atoms with Gasteiger partial charge >= 0.3 is 0 Å². The van der Waals surface area contributed by atoms with Crippen molar-refractivity contribution in [3.05, 3.63) is 17.9 Å². The second-order valence-corrected chi connectivity index (χ2v) is 7.66. The molecule has 1 aliphatic heterocycles. The van der Waals surface area contributed by atoms with E-state index in [0.717, 1.165) is 18.6 Å². The highest BCUT2D eigenvalue weighted by molar-refractivity contribution is 7.89. The third kappa shape index (κ3) is 4.60. The Labute approximate surface area is 147 Å². The minimum Gasteiger partial charge on any atom is -0.493 e. The smallest absolute Gasteiger partial charge is 0.246 e. The van der Waals surface area contributed by atoms with Crippen molar-refractivity contribution in [1.29, 1.82) is 0 Å². The molecule has 1 aromatic rings. The van der Waals surface area contributed by atoms with Crippen LogP contribution in [0.1, 0.15) is 19.3 Å². The summed E-state index contributed by atoms with van der Waals surface area (Å²) in [4.78, 5) is -0.410. The summed E-state index contributed by atoms with van der Waals surface area (Å²) in [6.07, 6.45) is 1.92. The van der Waals surface area contributed by atoms with Crippen molar-refractivity contribution >= 4 is 10.0 Å². The van der Waals surface area contributed by atoms with E-state index in [4.69, 9.17) is 19.9 Å². The molecule has 142 valence electrons. The monoisotopic (exact) mass is 376 g/mol. The van der Waals surface area contributed by atoms with Crippen molar-refractivity contribution in [2.75, 3.05) is 40.5 Å². The summed E-state index contributed by atoms with van der Waals surface area (Å²) in [6, 6.07) is 2.18. The number of hydrogen-bond acceptors (Lipinski definition) is 6. The Balaban J connectivity index is 2.12. The minimum atomic E-state index is -3.95. The summed E-state index contributed by atoms with van der Waals surface area (Å²) in [5.74, 6) is -0.549. The van der Waals surface area contributed by atoms with Gasteiger partial charge in [0.15, 0.2) is 11.5 Å². The number of nitrogens with zero attached hydrogens (tertiary/aromatic N) is 1. The van der Waals surface area contributed by atoms with E-state index in [1.54, 1.807) is 0 Å². The van der Waals surface area contributed by atoms with Crippen LogP contribution in [-0.2, 0) is 14.8 Å². The average molecular weight is 376 g/mol. The van der Waals surface area contributed by atoms with Gasteiger partial charge in [-0.05, 0) is 25.8 Å². The van der Waals surface area contributed by atoms with Crippen LogP contribution in [0, 0.1) is 5.82 Å². The fraction of sp³-hybridized carbons (Fsp3) is 0.625. The van der Waals surface area contributed by atoms with Crippen molar-refractivity contribution in [2.24, 2.45) is 5.73 Å². The van der Waals surface area contributed by atoms with E-state index in [1.807, 2.05) is 0 Å². The highest BCUT2D eigenvalue weighted by atomic mass is 32.2. The molecule has 0 aromatic heterocycles. The number of nitrogens with two attached hydrogens (primary N) is 1. The molecule has 0 amide bonds. The largest absolute Gasteiger partial charge is 0.493 e. The van der Waals surface area contributed by atoms with E-state index in [1.165, 1.54) is 18.5 Å². The summed E-state index contributed by atoms with van der Waals surface area (Å²) < 4.78 is 56.9. The van der Waals surface area contributed by atoms with Crippen LogP contribution in [0.2, 0.25) is 0 Å². The molecule has 1 saturated heterocycles. The first kappa shape index (κ1) is 19.9. The van der Waals surface area contributed by atoms with Crippen molar-refractivity contribution in [3.8, 4) is 11.5 Å². The SMILES string of the molecule is COc1cc(F)c(S(=O)(=O)N2CCC(OCCCN)CC2)cc1OC. The van der Waals surface area contributed by atoms with Gasteiger partial charge in [0.05, 0.1) is 20.3 Å². The molecule has 7 nitrogen and oxygen atoms in total.